The number of benzene rings is 1. The summed E-state index contributed by atoms with van der Waals surface area (Å²) < 4.78 is 0. The maximum Gasteiger partial charge on any atom is 0.104 e. The van der Waals surface area contributed by atoms with E-state index in [2.05, 4.69) is 29.0 Å². The second kappa shape index (κ2) is 6.85. The number of aliphatic hydroxyl groups excluding tert-OH is 1. The molecule has 2 aromatic rings. The standard InChI is InChI=1S/C15H13NOS/c17-10-2-5-13-3-1-4-14(11-13)12-18-15-6-8-16-9-7-15/h1,3-4,6-9,11,17H,10,12H2. The number of nitrogens with zero attached hydrogens (tertiary/aromatic N) is 1. The molecule has 0 aliphatic rings. The summed E-state index contributed by atoms with van der Waals surface area (Å²) in [4.78, 5) is 5.20. The van der Waals surface area contributed by atoms with Crippen molar-refractivity contribution in [3.8, 4) is 11.8 Å². The van der Waals surface area contributed by atoms with Crippen LogP contribution in [0.15, 0.2) is 53.7 Å². The Kier molecular flexibility index (Phi) is 4.83. The third-order valence-corrected chi connectivity index (χ3v) is 3.38. The van der Waals surface area contributed by atoms with Crippen LogP contribution in [0.2, 0.25) is 0 Å². The number of rotatable bonds is 3. The second-order valence-corrected chi connectivity index (χ2v) is 4.68. The van der Waals surface area contributed by atoms with Crippen LogP contribution in [0.25, 0.3) is 0 Å². The highest BCUT2D eigenvalue weighted by molar-refractivity contribution is 7.98. The van der Waals surface area contributed by atoms with Crippen LogP contribution in [0.3, 0.4) is 0 Å². The first kappa shape index (κ1) is 12.7. The summed E-state index contributed by atoms with van der Waals surface area (Å²) in [5.41, 5.74) is 2.17. The zero-order valence-corrected chi connectivity index (χ0v) is 10.7. The van der Waals surface area contributed by atoms with E-state index >= 15 is 0 Å². The molecule has 0 radical (unpaired) electrons. The van der Waals surface area contributed by atoms with Crippen LogP contribution in [-0.4, -0.2) is 16.7 Å². The van der Waals surface area contributed by atoms with Crippen molar-refractivity contribution in [1.29, 1.82) is 0 Å². The van der Waals surface area contributed by atoms with Crippen LogP contribution in [0.4, 0.5) is 0 Å². The third kappa shape index (κ3) is 3.92. The predicted molar refractivity (Wildman–Crippen MR) is 74.2 cm³/mol. The van der Waals surface area contributed by atoms with Crippen molar-refractivity contribution in [2.75, 3.05) is 6.61 Å². The lowest BCUT2D eigenvalue weighted by molar-refractivity contribution is 0.350. The molecule has 2 rings (SSSR count). The zero-order valence-electron chi connectivity index (χ0n) is 9.84. The summed E-state index contributed by atoms with van der Waals surface area (Å²) in [7, 11) is 0. The molecule has 0 saturated carbocycles. The van der Waals surface area contributed by atoms with Crippen molar-refractivity contribution in [2.45, 2.75) is 10.6 Å². The van der Waals surface area contributed by atoms with Gasteiger partial charge >= 0.3 is 0 Å². The lowest BCUT2D eigenvalue weighted by atomic mass is 10.1. The van der Waals surface area contributed by atoms with Crippen molar-refractivity contribution >= 4 is 11.8 Å². The lowest BCUT2D eigenvalue weighted by Crippen LogP contribution is -1.83. The van der Waals surface area contributed by atoms with E-state index < -0.39 is 0 Å². The minimum Gasteiger partial charge on any atom is -0.384 e. The Morgan fingerprint density at radius 3 is 2.78 bits per heavy atom. The second-order valence-electron chi connectivity index (χ2n) is 3.63. The highest BCUT2D eigenvalue weighted by Gasteiger charge is 1.97. The number of thioether (sulfide) groups is 1. The molecule has 0 atom stereocenters. The maximum atomic E-state index is 8.67. The summed E-state index contributed by atoms with van der Waals surface area (Å²) in [5.74, 6) is 6.47. The Morgan fingerprint density at radius 2 is 2.00 bits per heavy atom. The van der Waals surface area contributed by atoms with Crippen LogP contribution in [0.5, 0.6) is 0 Å². The van der Waals surface area contributed by atoms with Gasteiger partial charge in [0.2, 0.25) is 0 Å². The Morgan fingerprint density at radius 1 is 1.17 bits per heavy atom. The Balaban J connectivity index is 2.01. The topological polar surface area (TPSA) is 33.1 Å². The van der Waals surface area contributed by atoms with Gasteiger partial charge in [0.15, 0.2) is 0 Å². The van der Waals surface area contributed by atoms with E-state index in [-0.39, 0.29) is 6.61 Å². The number of hydrogen-bond acceptors (Lipinski definition) is 3. The molecule has 0 unspecified atom stereocenters. The smallest absolute Gasteiger partial charge is 0.104 e. The van der Waals surface area contributed by atoms with Gasteiger partial charge in [-0.25, -0.2) is 0 Å². The average molecular weight is 255 g/mol. The first-order valence-electron chi connectivity index (χ1n) is 5.60. The molecule has 90 valence electrons. The van der Waals surface area contributed by atoms with Gasteiger partial charge in [-0.1, -0.05) is 24.0 Å². The van der Waals surface area contributed by atoms with Gasteiger partial charge in [0.25, 0.3) is 0 Å². The largest absolute Gasteiger partial charge is 0.384 e. The van der Waals surface area contributed by atoms with E-state index in [1.165, 1.54) is 10.5 Å². The van der Waals surface area contributed by atoms with E-state index in [1.54, 1.807) is 24.2 Å². The Labute approximate surface area is 111 Å². The molecule has 1 aromatic heterocycles. The summed E-state index contributed by atoms with van der Waals surface area (Å²) >= 11 is 1.77. The normalized spacial score (nSPS) is 9.61. The predicted octanol–water partition coefficient (Wildman–Crippen LogP) is 2.72. The minimum atomic E-state index is -0.101. The quantitative estimate of drug-likeness (QED) is 0.676. The van der Waals surface area contributed by atoms with Gasteiger partial charge in [0, 0.05) is 28.6 Å². The van der Waals surface area contributed by atoms with Crippen molar-refractivity contribution in [3.63, 3.8) is 0 Å². The van der Waals surface area contributed by atoms with Gasteiger partial charge in [-0.2, -0.15) is 0 Å². The van der Waals surface area contributed by atoms with Gasteiger partial charge in [0.05, 0.1) is 0 Å². The Hall–Kier alpha value is -1.76. The first-order chi connectivity index (χ1) is 8.88. The monoisotopic (exact) mass is 255 g/mol. The number of hydrogen-bond donors (Lipinski definition) is 1. The van der Waals surface area contributed by atoms with Crippen LogP contribution >= 0.6 is 11.8 Å². The molecule has 1 N–H and O–H groups in total. The van der Waals surface area contributed by atoms with Crippen LogP contribution in [0, 0.1) is 11.8 Å². The fourth-order valence-electron chi connectivity index (χ4n) is 1.48. The molecular formula is C15H13NOS. The Bertz CT molecular complexity index is 557. The van der Waals surface area contributed by atoms with Crippen molar-refractivity contribution < 1.29 is 5.11 Å². The van der Waals surface area contributed by atoms with Gasteiger partial charge in [-0.05, 0) is 29.8 Å². The summed E-state index contributed by atoms with van der Waals surface area (Å²) in [6, 6.07) is 12.1. The van der Waals surface area contributed by atoms with Crippen molar-refractivity contribution in [3.05, 3.63) is 59.9 Å². The summed E-state index contributed by atoms with van der Waals surface area (Å²) in [6.07, 6.45) is 3.59. The summed E-state index contributed by atoms with van der Waals surface area (Å²) in [6.45, 7) is -0.101. The number of aromatic nitrogens is 1. The molecule has 0 fully saturated rings. The SMILES string of the molecule is OCC#Cc1cccc(CSc2ccncc2)c1. The first-order valence-corrected chi connectivity index (χ1v) is 6.58. The molecule has 18 heavy (non-hydrogen) atoms. The zero-order chi connectivity index (χ0) is 12.6. The third-order valence-electron chi connectivity index (χ3n) is 2.29. The van der Waals surface area contributed by atoms with Gasteiger partial charge in [-0.15, -0.1) is 11.8 Å². The molecule has 1 aromatic carbocycles. The van der Waals surface area contributed by atoms with Gasteiger partial charge in [0.1, 0.15) is 6.61 Å². The molecule has 2 nitrogen and oxygen atoms in total. The fraction of sp³-hybridized carbons (Fsp3) is 0.133. The summed E-state index contributed by atoms with van der Waals surface area (Å²) in [5, 5.41) is 8.67. The van der Waals surface area contributed by atoms with E-state index in [1.807, 2.05) is 24.3 Å². The van der Waals surface area contributed by atoms with E-state index in [0.717, 1.165) is 11.3 Å². The molecule has 0 aliphatic carbocycles. The van der Waals surface area contributed by atoms with Gasteiger partial charge in [-0.3, -0.25) is 4.98 Å². The van der Waals surface area contributed by atoms with Crippen molar-refractivity contribution in [1.82, 2.24) is 4.98 Å². The van der Waals surface area contributed by atoms with Crippen LogP contribution in [0.1, 0.15) is 11.1 Å². The maximum absolute atomic E-state index is 8.67. The fourth-order valence-corrected chi connectivity index (χ4v) is 2.31. The van der Waals surface area contributed by atoms with Gasteiger partial charge < -0.3 is 5.11 Å². The molecular weight excluding hydrogens is 242 g/mol. The number of aliphatic hydroxyl groups is 1. The molecule has 3 heteroatoms. The molecule has 0 spiro atoms. The highest BCUT2D eigenvalue weighted by Crippen LogP contribution is 2.22. The van der Waals surface area contributed by atoms with E-state index in [9.17, 15) is 0 Å². The molecule has 0 aliphatic heterocycles. The average Bonchev–Trinajstić information content (AvgIpc) is 2.44. The highest BCUT2D eigenvalue weighted by atomic mass is 32.2. The lowest BCUT2D eigenvalue weighted by Gasteiger charge is -2.02. The van der Waals surface area contributed by atoms with Crippen molar-refractivity contribution in [2.24, 2.45) is 0 Å². The molecule has 0 bridgehead atoms. The van der Waals surface area contributed by atoms with Crippen LogP contribution < -0.4 is 0 Å². The minimum absolute atomic E-state index is 0.101. The van der Waals surface area contributed by atoms with E-state index in [4.69, 9.17) is 5.11 Å². The molecule has 0 amide bonds. The molecule has 0 saturated heterocycles. The number of pyridine rings is 1. The van der Waals surface area contributed by atoms with Crippen LogP contribution in [-0.2, 0) is 5.75 Å². The molecule has 1 heterocycles. The van der Waals surface area contributed by atoms with E-state index in [0.29, 0.717) is 0 Å².